The molecule has 0 spiro atoms. The number of amides is 1. The van der Waals surface area contributed by atoms with E-state index in [0.29, 0.717) is 0 Å². The first kappa shape index (κ1) is 18.7. The summed E-state index contributed by atoms with van der Waals surface area (Å²) in [7, 11) is 0. The van der Waals surface area contributed by atoms with Crippen molar-refractivity contribution < 1.29 is 19.2 Å². The van der Waals surface area contributed by atoms with Crippen LogP contribution in [-0.4, -0.2) is 22.9 Å². The van der Waals surface area contributed by atoms with E-state index in [1.807, 2.05) is 0 Å². The minimum atomic E-state index is -1.15. The fourth-order valence-corrected chi connectivity index (χ4v) is 2.26. The maximum atomic E-state index is 12.1. The molecule has 0 fully saturated rings. The van der Waals surface area contributed by atoms with Gasteiger partial charge in [0, 0.05) is 17.8 Å². The Morgan fingerprint density at radius 1 is 1.20 bits per heavy atom. The summed E-state index contributed by atoms with van der Waals surface area (Å²) in [6.07, 6.45) is -1.15. The monoisotopic (exact) mass is 382 g/mol. The molecule has 0 saturated heterocycles. The second kappa shape index (κ2) is 7.96. The Morgan fingerprint density at radius 3 is 2.56 bits per heavy atom. The molecule has 0 aromatic heterocycles. The summed E-state index contributed by atoms with van der Waals surface area (Å²) in [6, 6.07) is 9.85. The average Bonchev–Trinajstić information content (AvgIpc) is 2.57. The van der Waals surface area contributed by atoms with Gasteiger partial charge in [-0.3, -0.25) is 14.9 Å². The lowest BCUT2D eigenvalue weighted by Gasteiger charge is -2.14. The Morgan fingerprint density at radius 2 is 1.88 bits per heavy atom. The van der Waals surface area contributed by atoms with Gasteiger partial charge in [0.15, 0.2) is 6.10 Å². The van der Waals surface area contributed by atoms with Crippen LogP contribution >= 0.6 is 23.2 Å². The highest BCUT2D eigenvalue weighted by atomic mass is 35.5. The van der Waals surface area contributed by atoms with Crippen LogP contribution in [0.1, 0.15) is 17.3 Å². The van der Waals surface area contributed by atoms with Crippen LogP contribution in [0.3, 0.4) is 0 Å². The van der Waals surface area contributed by atoms with Crippen molar-refractivity contribution in [2.75, 3.05) is 5.32 Å². The summed E-state index contributed by atoms with van der Waals surface area (Å²) in [5.74, 6) is -1.46. The van der Waals surface area contributed by atoms with E-state index in [-0.39, 0.29) is 27.0 Å². The molecule has 1 N–H and O–H groups in total. The first-order valence-corrected chi connectivity index (χ1v) is 7.75. The van der Waals surface area contributed by atoms with Gasteiger partial charge in [0.1, 0.15) is 0 Å². The van der Waals surface area contributed by atoms with E-state index in [1.165, 1.54) is 49.4 Å². The number of non-ortho nitro benzene ring substituents is 1. The van der Waals surface area contributed by atoms with Crippen LogP contribution < -0.4 is 5.32 Å². The number of carbonyl (C=O) groups is 2. The highest BCUT2D eigenvalue weighted by molar-refractivity contribution is 6.43. The van der Waals surface area contributed by atoms with Gasteiger partial charge < -0.3 is 10.1 Å². The smallest absolute Gasteiger partial charge is 0.340 e. The van der Waals surface area contributed by atoms with Crippen molar-refractivity contribution >= 4 is 46.5 Å². The SMILES string of the molecule is C[C@H](OC(=O)c1cccc(Cl)c1Cl)C(=O)Nc1cccc([N+](=O)[O-])c1. The molecule has 0 aliphatic rings. The van der Waals surface area contributed by atoms with Crippen molar-refractivity contribution in [3.63, 3.8) is 0 Å². The molecule has 0 saturated carbocycles. The maximum absolute atomic E-state index is 12.1. The molecule has 2 aromatic rings. The number of benzene rings is 2. The van der Waals surface area contributed by atoms with Gasteiger partial charge in [0.2, 0.25) is 0 Å². The zero-order valence-corrected chi connectivity index (χ0v) is 14.4. The zero-order valence-electron chi connectivity index (χ0n) is 12.9. The van der Waals surface area contributed by atoms with Crippen molar-refractivity contribution in [1.29, 1.82) is 0 Å². The predicted octanol–water partition coefficient (Wildman–Crippen LogP) is 4.09. The summed E-state index contributed by atoms with van der Waals surface area (Å²) >= 11 is 11.8. The Balaban J connectivity index is 2.05. The van der Waals surface area contributed by atoms with E-state index in [9.17, 15) is 19.7 Å². The summed E-state index contributed by atoms with van der Waals surface area (Å²) in [5.41, 5.74) is 0.0696. The molecule has 2 rings (SSSR count). The molecule has 25 heavy (non-hydrogen) atoms. The lowest BCUT2D eigenvalue weighted by Crippen LogP contribution is -2.30. The fourth-order valence-electron chi connectivity index (χ4n) is 1.88. The van der Waals surface area contributed by atoms with Crippen molar-refractivity contribution in [3.05, 3.63) is 68.2 Å². The van der Waals surface area contributed by atoms with E-state index in [4.69, 9.17) is 27.9 Å². The number of esters is 1. The normalized spacial score (nSPS) is 11.5. The van der Waals surface area contributed by atoms with Crippen LogP contribution in [0.2, 0.25) is 10.0 Å². The standard InChI is InChI=1S/C16H12Cl2N2O5/c1-9(25-16(22)12-6-3-7-13(17)14(12)18)15(21)19-10-4-2-5-11(8-10)20(23)24/h2-9H,1H3,(H,19,21)/t9-/m0/s1. The molecule has 0 aliphatic carbocycles. The minimum Gasteiger partial charge on any atom is -0.449 e. The third-order valence-corrected chi connectivity index (χ3v) is 3.97. The minimum absolute atomic E-state index is 0.0282. The predicted molar refractivity (Wildman–Crippen MR) is 93.1 cm³/mol. The van der Waals surface area contributed by atoms with Gasteiger partial charge in [0.25, 0.3) is 11.6 Å². The van der Waals surface area contributed by atoms with E-state index >= 15 is 0 Å². The van der Waals surface area contributed by atoms with E-state index in [2.05, 4.69) is 5.32 Å². The van der Waals surface area contributed by atoms with Gasteiger partial charge in [-0.1, -0.05) is 35.3 Å². The van der Waals surface area contributed by atoms with Gasteiger partial charge in [-0.05, 0) is 25.1 Å². The number of carbonyl (C=O) groups excluding carboxylic acids is 2. The Hall–Kier alpha value is -2.64. The summed E-state index contributed by atoms with van der Waals surface area (Å²) < 4.78 is 5.06. The molecule has 7 nitrogen and oxygen atoms in total. The summed E-state index contributed by atoms with van der Waals surface area (Å²) in [5, 5.41) is 13.4. The topological polar surface area (TPSA) is 98.5 Å². The van der Waals surface area contributed by atoms with E-state index in [0.717, 1.165) is 0 Å². The molecule has 0 heterocycles. The van der Waals surface area contributed by atoms with Crippen LogP contribution in [-0.2, 0) is 9.53 Å². The van der Waals surface area contributed by atoms with Gasteiger partial charge in [-0.2, -0.15) is 0 Å². The lowest BCUT2D eigenvalue weighted by atomic mass is 10.2. The summed E-state index contributed by atoms with van der Waals surface area (Å²) in [4.78, 5) is 34.3. The van der Waals surface area contributed by atoms with Gasteiger partial charge >= 0.3 is 5.97 Å². The average molecular weight is 383 g/mol. The molecule has 0 aliphatic heterocycles. The molecule has 1 amide bonds. The molecule has 1 atom stereocenters. The number of ether oxygens (including phenoxy) is 1. The number of nitro benzene ring substituents is 1. The maximum Gasteiger partial charge on any atom is 0.340 e. The highest BCUT2D eigenvalue weighted by Crippen LogP contribution is 2.26. The van der Waals surface area contributed by atoms with E-state index < -0.39 is 22.9 Å². The van der Waals surface area contributed by atoms with Crippen molar-refractivity contribution in [2.24, 2.45) is 0 Å². The third-order valence-electron chi connectivity index (χ3n) is 3.15. The first-order chi connectivity index (χ1) is 11.8. The van der Waals surface area contributed by atoms with Crippen LogP contribution in [0.25, 0.3) is 0 Å². The second-order valence-electron chi connectivity index (χ2n) is 4.95. The third kappa shape index (κ3) is 4.68. The number of nitrogens with zero attached hydrogens (tertiary/aromatic N) is 1. The van der Waals surface area contributed by atoms with Gasteiger partial charge in [0.05, 0.1) is 20.5 Å². The summed E-state index contributed by atoms with van der Waals surface area (Å²) in [6.45, 7) is 1.36. The number of hydrogen-bond donors (Lipinski definition) is 1. The van der Waals surface area contributed by atoms with Crippen molar-refractivity contribution in [2.45, 2.75) is 13.0 Å². The number of nitrogens with one attached hydrogen (secondary N) is 1. The molecule has 9 heteroatoms. The molecular formula is C16H12Cl2N2O5. The number of halogens is 2. The molecule has 130 valence electrons. The Bertz CT molecular complexity index is 841. The first-order valence-electron chi connectivity index (χ1n) is 7.00. The van der Waals surface area contributed by atoms with Crippen molar-refractivity contribution in [1.82, 2.24) is 0 Å². The van der Waals surface area contributed by atoms with Gasteiger partial charge in [-0.25, -0.2) is 4.79 Å². The lowest BCUT2D eigenvalue weighted by molar-refractivity contribution is -0.384. The highest BCUT2D eigenvalue weighted by Gasteiger charge is 2.22. The van der Waals surface area contributed by atoms with E-state index in [1.54, 1.807) is 0 Å². The van der Waals surface area contributed by atoms with Gasteiger partial charge in [-0.15, -0.1) is 0 Å². The zero-order chi connectivity index (χ0) is 18.6. The molecule has 0 bridgehead atoms. The Labute approximate surface area is 152 Å². The second-order valence-corrected chi connectivity index (χ2v) is 5.73. The quantitative estimate of drug-likeness (QED) is 0.477. The molecule has 0 radical (unpaired) electrons. The number of hydrogen-bond acceptors (Lipinski definition) is 5. The van der Waals surface area contributed by atoms with Crippen LogP contribution in [0.4, 0.5) is 11.4 Å². The van der Waals surface area contributed by atoms with Crippen LogP contribution in [0.15, 0.2) is 42.5 Å². The van der Waals surface area contributed by atoms with Crippen LogP contribution in [0.5, 0.6) is 0 Å². The number of nitro groups is 1. The fraction of sp³-hybridized carbons (Fsp3) is 0.125. The molecule has 2 aromatic carbocycles. The number of anilines is 1. The molecular weight excluding hydrogens is 371 g/mol. The largest absolute Gasteiger partial charge is 0.449 e. The van der Waals surface area contributed by atoms with Crippen molar-refractivity contribution in [3.8, 4) is 0 Å². The molecule has 0 unspecified atom stereocenters. The Kier molecular flexibility index (Phi) is 5.95. The number of rotatable bonds is 5. The van der Waals surface area contributed by atoms with Crippen LogP contribution in [0, 0.1) is 10.1 Å².